The average molecular weight is 360 g/mol. The summed E-state index contributed by atoms with van der Waals surface area (Å²) in [6.07, 6.45) is 0.0303. The predicted molar refractivity (Wildman–Crippen MR) is 76.9 cm³/mol. The van der Waals surface area contributed by atoms with Gasteiger partial charge >= 0.3 is 129 Å². The summed E-state index contributed by atoms with van der Waals surface area (Å²) in [5.41, 5.74) is -1.01. The first-order chi connectivity index (χ1) is 9.96. The van der Waals surface area contributed by atoms with Crippen molar-refractivity contribution in [2.45, 2.75) is 32.7 Å². The number of hydrogen-bond donors (Lipinski definition) is 1. The second kappa shape index (κ2) is 8.00. The molecule has 0 aliphatic rings. The zero-order valence-electron chi connectivity index (χ0n) is 12.3. The minimum absolute atomic E-state index is 0.0303. The summed E-state index contributed by atoms with van der Waals surface area (Å²) in [4.78, 5) is 40.0. The minimum atomic E-state index is -1.82. The predicted octanol–water partition coefficient (Wildman–Crippen LogP) is 0.287. The van der Waals surface area contributed by atoms with Gasteiger partial charge < -0.3 is 0 Å². The Kier molecular flexibility index (Phi) is 6.65. The van der Waals surface area contributed by atoms with E-state index in [1.165, 1.54) is 6.92 Å². The molecule has 6 nitrogen and oxygen atoms in total. The SMILES string of the molecule is CCOC(=O)C(Cc1cc[se]c1)(NC(C)=O)C(=O)OCC. The molecule has 1 aromatic rings. The van der Waals surface area contributed by atoms with E-state index in [1.807, 2.05) is 15.9 Å². The maximum atomic E-state index is 12.3. The number of hydrogen-bond acceptors (Lipinski definition) is 5. The van der Waals surface area contributed by atoms with E-state index < -0.39 is 23.4 Å². The molecular weight excluding hydrogens is 341 g/mol. The van der Waals surface area contributed by atoms with E-state index >= 15 is 0 Å². The van der Waals surface area contributed by atoms with Crippen LogP contribution in [0.3, 0.4) is 0 Å². The molecule has 0 spiro atoms. The monoisotopic (exact) mass is 361 g/mol. The molecule has 1 aromatic heterocycles. The molecule has 0 aromatic carbocycles. The molecule has 0 radical (unpaired) electrons. The zero-order valence-corrected chi connectivity index (χ0v) is 14.0. The van der Waals surface area contributed by atoms with Gasteiger partial charge in [0.1, 0.15) is 0 Å². The molecule has 7 heteroatoms. The van der Waals surface area contributed by atoms with Gasteiger partial charge in [0.15, 0.2) is 0 Å². The molecule has 1 amide bonds. The summed E-state index contributed by atoms with van der Waals surface area (Å²) in [5.74, 6) is -2.09. The Labute approximate surface area is 129 Å². The van der Waals surface area contributed by atoms with Crippen LogP contribution in [-0.2, 0) is 30.3 Å². The van der Waals surface area contributed by atoms with Crippen LogP contribution in [0.2, 0.25) is 0 Å². The van der Waals surface area contributed by atoms with Crippen LogP contribution < -0.4 is 5.32 Å². The number of carbonyl (C=O) groups excluding carboxylic acids is 3. The molecule has 0 bridgehead atoms. The molecule has 116 valence electrons. The van der Waals surface area contributed by atoms with Crippen molar-refractivity contribution in [1.29, 1.82) is 0 Å². The topological polar surface area (TPSA) is 81.7 Å². The number of esters is 2. The van der Waals surface area contributed by atoms with Gasteiger partial charge in [0.2, 0.25) is 0 Å². The molecule has 0 aliphatic heterocycles. The Morgan fingerprint density at radius 2 is 1.76 bits per heavy atom. The molecule has 1 heterocycles. The number of carbonyl (C=O) groups is 3. The van der Waals surface area contributed by atoms with E-state index in [1.54, 1.807) is 13.8 Å². The molecule has 0 fully saturated rings. The normalized spacial score (nSPS) is 10.8. The first-order valence-electron chi connectivity index (χ1n) is 6.60. The fourth-order valence-electron chi connectivity index (χ4n) is 1.88. The van der Waals surface area contributed by atoms with E-state index in [0.717, 1.165) is 5.56 Å². The number of rotatable bonds is 7. The number of ether oxygens (including phenoxy) is 2. The van der Waals surface area contributed by atoms with Gasteiger partial charge in [-0.15, -0.1) is 0 Å². The Morgan fingerprint density at radius 3 is 2.14 bits per heavy atom. The summed E-state index contributed by atoms with van der Waals surface area (Å²) >= 11 is 0.209. The third-order valence-electron chi connectivity index (χ3n) is 2.69. The summed E-state index contributed by atoms with van der Waals surface area (Å²) in [5, 5.41) is 2.43. The Hall–Kier alpha value is -1.59. The van der Waals surface area contributed by atoms with E-state index in [9.17, 15) is 14.4 Å². The third-order valence-corrected chi connectivity index (χ3v) is 4.22. The van der Waals surface area contributed by atoms with Crippen LogP contribution in [-0.4, -0.2) is 51.1 Å². The van der Waals surface area contributed by atoms with Crippen molar-refractivity contribution < 1.29 is 23.9 Å². The van der Waals surface area contributed by atoms with Crippen molar-refractivity contribution in [3.8, 4) is 0 Å². The molecule has 0 unspecified atom stereocenters. The van der Waals surface area contributed by atoms with Gasteiger partial charge in [-0.3, -0.25) is 0 Å². The third kappa shape index (κ3) is 4.44. The fourth-order valence-corrected chi connectivity index (χ4v) is 3.29. The van der Waals surface area contributed by atoms with Crippen LogP contribution in [0.1, 0.15) is 26.3 Å². The van der Waals surface area contributed by atoms with Gasteiger partial charge in [0, 0.05) is 0 Å². The van der Waals surface area contributed by atoms with Gasteiger partial charge in [-0.1, -0.05) is 0 Å². The van der Waals surface area contributed by atoms with Crippen LogP contribution in [0.15, 0.2) is 15.9 Å². The number of nitrogens with one attached hydrogen (secondary N) is 1. The van der Waals surface area contributed by atoms with Crippen molar-refractivity contribution in [3.63, 3.8) is 0 Å². The molecule has 0 atom stereocenters. The van der Waals surface area contributed by atoms with Gasteiger partial charge in [-0.05, 0) is 0 Å². The molecule has 1 N–H and O–H groups in total. The Morgan fingerprint density at radius 1 is 1.19 bits per heavy atom. The Bertz CT molecular complexity index is 479. The molecule has 1 rings (SSSR count). The second-order valence-corrected chi connectivity index (χ2v) is 5.97. The summed E-state index contributed by atoms with van der Waals surface area (Å²) < 4.78 is 9.97. The first kappa shape index (κ1) is 17.5. The average Bonchev–Trinajstić information content (AvgIpc) is 2.90. The van der Waals surface area contributed by atoms with Crippen LogP contribution in [0.25, 0.3) is 0 Å². The molecule has 21 heavy (non-hydrogen) atoms. The molecule has 0 saturated carbocycles. The van der Waals surface area contributed by atoms with Crippen LogP contribution >= 0.6 is 0 Å². The van der Waals surface area contributed by atoms with Crippen molar-refractivity contribution in [2.24, 2.45) is 0 Å². The van der Waals surface area contributed by atoms with Gasteiger partial charge in [0.05, 0.1) is 0 Å². The van der Waals surface area contributed by atoms with Crippen molar-refractivity contribution in [2.75, 3.05) is 13.2 Å². The van der Waals surface area contributed by atoms with Crippen molar-refractivity contribution in [3.05, 3.63) is 21.5 Å². The summed E-state index contributed by atoms with van der Waals surface area (Å²) in [7, 11) is 0. The van der Waals surface area contributed by atoms with Crippen molar-refractivity contribution >= 4 is 32.3 Å². The van der Waals surface area contributed by atoms with Gasteiger partial charge in [0.25, 0.3) is 0 Å². The molecular formula is C14H19NO5Se. The van der Waals surface area contributed by atoms with E-state index in [2.05, 4.69) is 5.32 Å². The summed E-state index contributed by atoms with van der Waals surface area (Å²) in [6, 6.07) is 1.84. The van der Waals surface area contributed by atoms with Gasteiger partial charge in [-0.2, -0.15) is 0 Å². The van der Waals surface area contributed by atoms with Crippen molar-refractivity contribution in [1.82, 2.24) is 5.32 Å². The second-order valence-electron chi connectivity index (χ2n) is 4.34. The quantitative estimate of drug-likeness (QED) is 0.429. The summed E-state index contributed by atoms with van der Waals surface area (Å²) in [6.45, 7) is 4.74. The van der Waals surface area contributed by atoms with Crippen LogP contribution in [0.4, 0.5) is 0 Å². The number of amides is 1. The standard InChI is InChI=1S/C14H19NO5Se/c1-4-19-12(17)14(15-10(3)16,13(18)20-5-2)8-11-6-7-21-9-11/h6-7,9H,4-5,8H2,1-3H3,(H,15,16). The first-order valence-corrected chi connectivity index (χ1v) is 8.58. The van der Waals surface area contributed by atoms with Crippen LogP contribution in [0.5, 0.6) is 0 Å². The fraction of sp³-hybridized carbons (Fsp3) is 0.500. The molecule has 0 aliphatic carbocycles. The van der Waals surface area contributed by atoms with Crippen LogP contribution in [0, 0.1) is 0 Å². The maximum absolute atomic E-state index is 12.3. The van der Waals surface area contributed by atoms with E-state index in [4.69, 9.17) is 9.47 Å². The molecule has 0 saturated heterocycles. The Balaban J connectivity index is 3.21. The van der Waals surface area contributed by atoms with E-state index in [0.29, 0.717) is 0 Å². The van der Waals surface area contributed by atoms with Gasteiger partial charge in [-0.25, -0.2) is 0 Å². The zero-order chi connectivity index (χ0) is 15.9. The van der Waals surface area contributed by atoms with E-state index in [-0.39, 0.29) is 34.1 Å².